The molecule has 0 aromatic rings. The molecule has 0 aliphatic rings. The number of amides is 2. The number of ether oxygens (including phenoxy) is 1. The number of nitrogens with one attached hydrogen (secondary N) is 2. The Bertz CT molecular complexity index is 222. The van der Waals surface area contributed by atoms with Crippen LogP contribution < -0.4 is 10.6 Å². The van der Waals surface area contributed by atoms with E-state index in [9.17, 15) is 9.59 Å². The van der Waals surface area contributed by atoms with Gasteiger partial charge in [0.2, 0.25) is 0 Å². The highest BCUT2D eigenvalue weighted by Gasteiger charge is 1.80. The molecule has 0 bridgehead atoms. The molecule has 0 heterocycles. The van der Waals surface area contributed by atoms with Crippen LogP contribution in [0, 0.1) is 0 Å². The molecule has 0 rings (SSSR count). The van der Waals surface area contributed by atoms with Gasteiger partial charge in [0.25, 0.3) is 0 Å². The molecule has 0 atom stereocenters. The van der Waals surface area contributed by atoms with Gasteiger partial charge in [-0.3, -0.25) is 10.6 Å². The largest absolute Gasteiger partial charge is 0.465 e. The summed E-state index contributed by atoms with van der Waals surface area (Å²) < 4.78 is 4.63. The maximum absolute atomic E-state index is 9.42. The summed E-state index contributed by atoms with van der Waals surface area (Å²) in [5.41, 5.74) is 0. The lowest BCUT2D eigenvalue weighted by molar-refractivity contribution is 0.0650. The maximum atomic E-state index is 9.42. The highest BCUT2D eigenvalue weighted by atomic mass is 16.5. The molecule has 0 unspecified atom stereocenters. The van der Waals surface area contributed by atoms with Crippen LogP contribution in [0.5, 0.6) is 0 Å². The number of rotatable bonds is 6. The fourth-order valence-corrected chi connectivity index (χ4v) is 0.406. The van der Waals surface area contributed by atoms with E-state index in [0.717, 1.165) is 12.4 Å². The van der Waals surface area contributed by atoms with Crippen molar-refractivity contribution in [3.8, 4) is 0 Å². The Balaban J connectivity index is -0.000000203. The SMILES string of the molecule is C=CNC(=O)O.C=CNC(=O)O.OCCOCCO. The summed E-state index contributed by atoms with van der Waals surface area (Å²) in [7, 11) is 0. The van der Waals surface area contributed by atoms with Crippen molar-refractivity contribution < 1.29 is 34.8 Å². The molecular formula is C10H20N2O7. The summed E-state index contributed by atoms with van der Waals surface area (Å²) in [6, 6.07) is 0. The van der Waals surface area contributed by atoms with E-state index < -0.39 is 12.2 Å². The van der Waals surface area contributed by atoms with Gasteiger partial charge in [-0.25, -0.2) is 9.59 Å². The second kappa shape index (κ2) is 21.2. The molecule has 9 heteroatoms. The van der Waals surface area contributed by atoms with Crippen LogP contribution in [-0.4, -0.2) is 59.0 Å². The second-order valence-corrected chi connectivity index (χ2v) is 2.37. The van der Waals surface area contributed by atoms with Crippen LogP contribution in [0.2, 0.25) is 0 Å². The van der Waals surface area contributed by atoms with Crippen molar-refractivity contribution in [2.24, 2.45) is 0 Å². The van der Waals surface area contributed by atoms with Gasteiger partial charge in [-0.1, -0.05) is 13.2 Å². The first-order valence-electron chi connectivity index (χ1n) is 4.96. The molecular weight excluding hydrogens is 260 g/mol. The van der Waals surface area contributed by atoms with Gasteiger partial charge in [-0.05, 0) is 12.4 Å². The predicted molar refractivity (Wildman–Crippen MR) is 67.7 cm³/mol. The van der Waals surface area contributed by atoms with Crippen molar-refractivity contribution in [2.45, 2.75) is 0 Å². The Labute approximate surface area is 110 Å². The number of hydrogen-bond acceptors (Lipinski definition) is 5. The van der Waals surface area contributed by atoms with Crippen LogP contribution in [-0.2, 0) is 4.74 Å². The molecule has 0 fully saturated rings. The van der Waals surface area contributed by atoms with Gasteiger partial charge in [-0.2, -0.15) is 0 Å². The van der Waals surface area contributed by atoms with Crippen LogP contribution in [0.3, 0.4) is 0 Å². The predicted octanol–water partition coefficient (Wildman–Crippen LogP) is -0.217. The van der Waals surface area contributed by atoms with Crippen LogP contribution in [0.4, 0.5) is 9.59 Å². The van der Waals surface area contributed by atoms with E-state index in [2.05, 4.69) is 17.9 Å². The highest BCUT2D eigenvalue weighted by Crippen LogP contribution is 1.68. The number of carbonyl (C=O) groups is 2. The Hall–Kier alpha value is -2.10. The standard InChI is InChI=1S/C4H10O3.2C3H5NO2/c5-1-3-7-4-2-6;2*1-2-4-3(5)6/h5-6H,1-4H2;2*2,4H,1H2,(H,5,6). The van der Waals surface area contributed by atoms with Crippen molar-refractivity contribution in [3.05, 3.63) is 25.6 Å². The molecule has 112 valence electrons. The molecule has 0 radical (unpaired) electrons. The summed E-state index contributed by atoms with van der Waals surface area (Å²) >= 11 is 0. The number of aliphatic hydroxyl groups excluding tert-OH is 2. The third kappa shape index (κ3) is 49.2. The fraction of sp³-hybridized carbons (Fsp3) is 0.400. The van der Waals surface area contributed by atoms with Gasteiger partial charge in [0.15, 0.2) is 0 Å². The zero-order chi connectivity index (χ0) is 15.5. The molecule has 2 amide bonds. The van der Waals surface area contributed by atoms with Gasteiger partial charge >= 0.3 is 12.2 Å². The van der Waals surface area contributed by atoms with Crippen molar-refractivity contribution >= 4 is 12.2 Å². The molecule has 0 aromatic heterocycles. The van der Waals surface area contributed by atoms with Crippen LogP contribution >= 0.6 is 0 Å². The fourth-order valence-electron chi connectivity index (χ4n) is 0.406. The van der Waals surface area contributed by atoms with Crippen LogP contribution in [0.1, 0.15) is 0 Å². The van der Waals surface area contributed by atoms with E-state index >= 15 is 0 Å². The Morgan fingerprint density at radius 2 is 1.26 bits per heavy atom. The summed E-state index contributed by atoms with van der Waals surface area (Å²) in [5.74, 6) is 0. The van der Waals surface area contributed by atoms with Crippen molar-refractivity contribution in [1.82, 2.24) is 10.6 Å². The second-order valence-electron chi connectivity index (χ2n) is 2.37. The first-order chi connectivity index (χ1) is 8.95. The number of carboxylic acid groups (broad SMARTS) is 2. The molecule has 0 saturated carbocycles. The topological polar surface area (TPSA) is 148 Å². The van der Waals surface area contributed by atoms with E-state index in [1.54, 1.807) is 0 Å². The van der Waals surface area contributed by atoms with Gasteiger partial charge < -0.3 is 25.2 Å². The summed E-state index contributed by atoms with van der Waals surface area (Å²) in [6.45, 7) is 6.91. The zero-order valence-corrected chi connectivity index (χ0v) is 10.4. The normalized spacial score (nSPS) is 7.68. The molecule has 0 aliphatic heterocycles. The Morgan fingerprint density at radius 3 is 1.37 bits per heavy atom. The minimum Gasteiger partial charge on any atom is -0.465 e. The van der Waals surface area contributed by atoms with Crippen molar-refractivity contribution in [3.63, 3.8) is 0 Å². The summed E-state index contributed by atoms with van der Waals surface area (Å²) in [5, 5.41) is 35.4. The molecule has 0 aromatic carbocycles. The molecule has 0 spiro atoms. The van der Waals surface area contributed by atoms with Gasteiger partial charge in [0.05, 0.1) is 26.4 Å². The number of hydrogen-bond donors (Lipinski definition) is 6. The Morgan fingerprint density at radius 1 is 0.947 bits per heavy atom. The lowest BCUT2D eigenvalue weighted by Gasteiger charge is -1.94. The molecule has 9 nitrogen and oxygen atoms in total. The minimum atomic E-state index is -1.08. The van der Waals surface area contributed by atoms with Crippen molar-refractivity contribution in [1.29, 1.82) is 0 Å². The third-order valence-electron chi connectivity index (χ3n) is 0.922. The zero-order valence-electron chi connectivity index (χ0n) is 10.4. The average Bonchev–Trinajstić information content (AvgIpc) is 2.31. The molecule has 19 heavy (non-hydrogen) atoms. The third-order valence-corrected chi connectivity index (χ3v) is 0.922. The van der Waals surface area contributed by atoms with E-state index in [1.807, 2.05) is 10.6 Å². The highest BCUT2D eigenvalue weighted by molar-refractivity contribution is 5.65. The van der Waals surface area contributed by atoms with Crippen LogP contribution in [0.25, 0.3) is 0 Å². The first-order valence-corrected chi connectivity index (χ1v) is 4.96. The molecule has 6 N–H and O–H groups in total. The molecule has 0 saturated heterocycles. The lowest BCUT2D eigenvalue weighted by atomic mass is 10.7. The maximum Gasteiger partial charge on any atom is 0.408 e. The minimum absolute atomic E-state index is 0.0278. The quantitative estimate of drug-likeness (QED) is 0.368. The monoisotopic (exact) mass is 280 g/mol. The van der Waals surface area contributed by atoms with Gasteiger partial charge in [0, 0.05) is 0 Å². The summed E-state index contributed by atoms with van der Waals surface area (Å²) in [6.07, 6.45) is 0.0417. The smallest absolute Gasteiger partial charge is 0.408 e. The first kappa shape index (κ1) is 22.1. The van der Waals surface area contributed by atoms with Gasteiger partial charge in [0.1, 0.15) is 0 Å². The van der Waals surface area contributed by atoms with E-state index in [4.69, 9.17) is 20.4 Å². The van der Waals surface area contributed by atoms with Gasteiger partial charge in [-0.15, -0.1) is 0 Å². The number of aliphatic hydroxyl groups is 2. The van der Waals surface area contributed by atoms with Crippen molar-refractivity contribution in [2.75, 3.05) is 26.4 Å². The molecule has 0 aliphatic carbocycles. The van der Waals surface area contributed by atoms with E-state index in [1.165, 1.54) is 0 Å². The average molecular weight is 280 g/mol. The van der Waals surface area contributed by atoms with E-state index in [0.29, 0.717) is 13.2 Å². The lowest BCUT2D eigenvalue weighted by Crippen LogP contribution is -2.11. The summed E-state index contributed by atoms with van der Waals surface area (Å²) in [4.78, 5) is 18.8. The van der Waals surface area contributed by atoms with E-state index in [-0.39, 0.29) is 13.2 Å². The Kier molecular flexibility index (Phi) is 24.7. The van der Waals surface area contributed by atoms with Crippen LogP contribution in [0.15, 0.2) is 25.6 Å².